The van der Waals surface area contributed by atoms with Gasteiger partial charge in [-0.05, 0) is 74.2 Å². The highest BCUT2D eigenvalue weighted by Gasteiger charge is 2.18. The van der Waals surface area contributed by atoms with Crippen LogP contribution < -0.4 is 15.5 Å². The fraction of sp³-hybridized carbons (Fsp3) is 0.286. The van der Waals surface area contributed by atoms with E-state index in [-0.39, 0.29) is 18.2 Å². The number of aromatic nitrogens is 3. The van der Waals surface area contributed by atoms with Gasteiger partial charge in [-0.1, -0.05) is 6.07 Å². The molecule has 2 N–H and O–H groups in total. The molecule has 8 heteroatoms. The Morgan fingerprint density at radius 2 is 1.34 bits per heavy atom. The van der Waals surface area contributed by atoms with Crippen molar-refractivity contribution < 1.29 is 4.39 Å². The Bertz CT molecular complexity index is 953. The number of anilines is 5. The largest absolute Gasteiger partial charge is 0.341 e. The first kappa shape index (κ1) is 20.8. The van der Waals surface area contributed by atoms with Gasteiger partial charge in [-0.3, -0.25) is 0 Å². The third-order valence-electron chi connectivity index (χ3n) is 4.59. The van der Waals surface area contributed by atoms with Crippen LogP contribution in [0.3, 0.4) is 0 Å². The van der Waals surface area contributed by atoms with Crippen LogP contribution in [0.1, 0.15) is 24.0 Å². The van der Waals surface area contributed by atoms with Crippen LogP contribution >= 0.6 is 12.4 Å². The highest BCUT2D eigenvalue weighted by molar-refractivity contribution is 5.85. The maximum Gasteiger partial charge on any atom is 0.233 e. The Balaban J connectivity index is 0.00000240. The van der Waals surface area contributed by atoms with Crippen LogP contribution in [0.4, 0.5) is 33.6 Å². The standard InChI is InChI=1S/C21H23FN6.ClH/c1-14-11-15(2)13-18(12-14)24-20-25-19(23-17-7-5-16(22)6-8-17)26-21(27-20)28-9-3-4-10-28;/h5-8,11-13H,3-4,9-10H2,1-2H3,(H2,23,24,25,26,27);1H. The third-order valence-corrected chi connectivity index (χ3v) is 4.59. The number of hydrogen-bond acceptors (Lipinski definition) is 6. The van der Waals surface area contributed by atoms with Crippen LogP contribution in [-0.4, -0.2) is 28.0 Å². The van der Waals surface area contributed by atoms with Crippen molar-refractivity contribution >= 4 is 41.6 Å². The Labute approximate surface area is 176 Å². The third kappa shape index (κ3) is 5.32. The molecule has 6 nitrogen and oxygen atoms in total. The van der Waals surface area contributed by atoms with E-state index in [0.717, 1.165) is 37.3 Å². The van der Waals surface area contributed by atoms with Crippen molar-refractivity contribution in [3.05, 3.63) is 59.4 Å². The summed E-state index contributed by atoms with van der Waals surface area (Å²) in [5, 5.41) is 6.44. The molecule has 1 aromatic heterocycles. The minimum Gasteiger partial charge on any atom is -0.341 e. The highest BCUT2D eigenvalue weighted by Crippen LogP contribution is 2.23. The minimum absolute atomic E-state index is 0. The Morgan fingerprint density at radius 1 is 0.793 bits per heavy atom. The average Bonchev–Trinajstić information content (AvgIpc) is 3.17. The highest BCUT2D eigenvalue weighted by atomic mass is 35.5. The lowest BCUT2D eigenvalue weighted by atomic mass is 10.1. The van der Waals surface area contributed by atoms with Crippen LogP contribution in [-0.2, 0) is 0 Å². The molecule has 0 saturated carbocycles. The van der Waals surface area contributed by atoms with Gasteiger partial charge in [0.1, 0.15) is 5.82 Å². The number of nitrogens with zero attached hydrogens (tertiary/aromatic N) is 4. The first-order valence-corrected chi connectivity index (χ1v) is 9.44. The number of hydrogen-bond donors (Lipinski definition) is 2. The monoisotopic (exact) mass is 414 g/mol. The lowest BCUT2D eigenvalue weighted by Gasteiger charge is -2.17. The summed E-state index contributed by atoms with van der Waals surface area (Å²) < 4.78 is 13.2. The second-order valence-corrected chi connectivity index (χ2v) is 7.11. The Hall–Kier alpha value is -2.93. The molecule has 1 aliphatic rings. The number of halogens is 2. The average molecular weight is 415 g/mol. The van der Waals surface area contributed by atoms with E-state index in [0.29, 0.717) is 17.8 Å². The van der Waals surface area contributed by atoms with Gasteiger partial charge in [-0.15, -0.1) is 12.4 Å². The smallest absolute Gasteiger partial charge is 0.233 e. The van der Waals surface area contributed by atoms with Crippen LogP contribution in [0, 0.1) is 19.7 Å². The maximum atomic E-state index is 13.2. The predicted molar refractivity (Wildman–Crippen MR) is 117 cm³/mol. The van der Waals surface area contributed by atoms with Gasteiger partial charge in [0.2, 0.25) is 17.8 Å². The molecule has 0 atom stereocenters. The van der Waals surface area contributed by atoms with Gasteiger partial charge in [-0.25, -0.2) is 4.39 Å². The molecule has 29 heavy (non-hydrogen) atoms. The summed E-state index contributed by atoms with van der Waals surface area (Å²) in [4.78, 5) is 15.9. The molecular weight excluding hydrogens is 391 g/mol. The Morgan fingerprint density at radius 3 is 1.93 bits per heavy atom. The van der Waals surface area contributed by atoms with E-state index in [1.165, 1.54) is 23.3 Å². The van der Waals surface area contributed by atoms with Gasteiger partial charge in [0.15, 0.2) is 0 Å². The van der Waals surface area contributed by atoms with E-state index in [4.69, 9.17) is 0 Å². The van der Waals surface area contributed by atoms with E-state index in [1.807, 2.05) is 0 Å². The summed E-state index contributed by atoms with van der Waals surface area (Å²) in [5.74, 6) is 1.27. The van der Waals surface area contributed by atoms with Crippen molar-refractivity contribution in [2.24, 2.45) is 0 Å². The SMILES string of the molecule is Cc1cc(C)cc(Nc2nc(Nc3ccc(F)cc3)nc(N3CCCC3)n2)c1.Cl. The van der Waals surface area contributed by atoms with Crippen molar-refractivity contribution in [3.8, 4) is 0 Å². The molecule has 2 heterocycles. The quantitative estimate of drug-likeness (QED) is 0.602. The number of benzene rings is 2. The second kappa shape index (κ2) is 9.05. The van der Waals surface area contributed by atoms with Gasteiger partial charge in [0.05, 0.1) is 0 Å². The van der Waals surface area contributed by atoms with E-state index >= 15 is 0 Å². The van der Waals surface area contributed by atoms with Gasteiger partial charge in [0, 0.05) is 24.5 Å². The van der Waals surface area contributed by atoms with Crippen molar-refractivity contribution in [2.75, 3.05) is 28.6 Å². The zero-order valence-electron chi connectivity index (χ0n) is 16.4. The normalized spacial score (nSPS) is 13.1. The summed E-state index contributed by atoms with van der Waals surface area (Å²) in [6.07, 6.45) is 2.26. The van der Waals surface area contributed by atoms with Crippen LogP contribution in [0.2, 0.25) is 0 Å². The molecule has 4 rings (SSSR count). The molecule has 0 radical (unpaired) electrons. The summed E-state index contributed by atoms with van der Waals surface area (Å²) in [6, 6.07) is 12.4. The minimum atomic E-state index is -0.281. The number of aryl methyl sites for hydroxylation is 2. The zero-order chi connectivity index (χ0) is 19.5. The second-order valence-electron chi connectivity index (χ2n) is 7.11. The van der Waals surface area contributed by atoms with Crippen molar-refractivity contribution in [1.29, 1.82) is 0 Å². The molecule has 3 aromatic rings. The lowest BCUT2D eigenvalue weighted by molar-refractivity contribution is 0.628. The van der Waals surface area contributed by atoms with Gasteiger partial charge in [0.25, 0.3) is 0 Å². The first-order valence-electron chi connectivity index (χ1n) is 9.44. The number of nitrogens with one attached hydrogen (secondary N) is 2. The molecule has 0 unspecified atom stereocenters. The van der Waals surface area contributed by atoms with Crippen molar-refractivity contribution in [2.45, 2.75) is 26.7 Å². The molecule has 0 aliphatic carbocycles. The van der Waals surface area contributed by atoms with E-state index < -0.39 is 0 Å². The van der Waals surface area contributed by atoms with Gasteiger partial charge >= 0.3 is 0 Å². The number of rotatable bonds is 5. The van der Waals surface area contributed by atoms with E-state index in [2.05, 4.69) is 62.5 Å². The predicted octanol–water partition coefficient (Wildman–Crippen LogP) is 5.14. The summed E-state index contributed by atoms with van der Waals surface area (Å²) in [6.45, 7) is 5.98. The molecule has 1 fully saturated rings. The Kier molecular flexibility index (Phi) is 6.49. The molecule has 1 aliphatic heterocycles. The molecular formula is C21H24ClFN6. The first-order chi connectivity index (χ1) is 13.5. The van der Waals surface area contributed by atoms with Crippen LogP contribution in [0.25, 0.3) is 0 Å². The molecule has 2 aromatic carbocycles. The summed E-state index contributed by atoms with van der Waals surface area (Å²) >= 11 is 0. The van der Waals surface area contributed by atoms with Crippen molar-refractivity contribution in [1.82, 2.24) is 15.0 Å². The lowest BCUT2D eigenvalue weighted by Crippen LogP contribution is -2.21. The molecule has 152 valence electrons. The molecule has 0 amide bonds. The zero-order valence-corrected chi connectivity index (χ0v) is 17.3. The molecule has 1 saturated heterocycles. The molecule has 0 spiro atoms. The van der Waals surface area contributed by atoms with Gasteiger partial charge < -0.3 is 15.5 Å². The van der Waals surface area contributed by atoms with Gasteiger partial charge in [-0.2, -0.15) is 15.0 Å². The van der Waals surface area contributed by atoms with E-state index in [1.54, 1.807) is 12.1 Å². The topological polar surface area (TPSA) is 66.0 Å². The maximum absolute atomic E-state index is 13.2. The van der Waals surface area contributed by atoms with Crippen molar-refractivity contribution in [3.63, 3.8) is 0 Å². The fourth-order valence-electron chi connectivity index (χ4n) is 3.37. The van der Waals surface area contributed by atoms with E-state index in [9.17, 15) is 4.39 Å². The molecule has 0 bridgehead atoms. The fourth-order valence-corrected chi connectivity index (χ4v) is 3.37. The van der Waals surface area contributed by atoms with Crippen LogP contribution in [0.15, 0.2) is 42.5 Å². The summed E-state index contributed by atoms with van der Waals surface area (Å²) in [7, 11) is 0. The van der Waals surface area contributed by atoms with Crippen LogP contribution in [0.5, 0.6) is 0 Å². The summed E-state index contributed by atoms with van der Waals surface area (Å²) in [5.41, 5.74) is 3.99.